The lowest BCUT2D eigenvalue weighted by atomic mass is 11.0. The standard InChI is InChI=1S/C3HI3N2.C3H3IN2.CH4/c4-1-2(5)8-3(6)7-1;4-3-1-5-2-6-3;/h(H,7,8);1-2H,(H,5,6);1H4. The van der Waals surface area contributed by atoms with Crippen LogP contribution in [0.25, 0.3) is 0 Å². The maximum atomic E-state index is 4.12. The minimum atomic E-state index is 0. The van der Waals surface area contributed by atoms with Gasteiger partial charge in [-0.05, 0) is 90.4 Å². The molecule has 0 amide bonds. The van der Waals surface area contributed by atoms with Crippen LogP contribution < -0.4 is 0 Å². The molecule has 8 heteroatoms. The second kappa shape index (κ2) is 8.43. The highest BCUT2D eigenvalue weighted by molar-refractivity contribution is 14.1. The Bertz CT molecular complexity index is 364. The van der Waals surface area contributed by atoms with Crippen LogP contribution in [0, 0.1) is 14.9 Å². The lowest BCUT2D eigenvalue weighted by Gasteiger charge is -1.74. The molecule has 84 valence electrons. The van der Waals surface area contributed by atoms with E-state index >= 15 is 0 Å². The molecule has 2 aromatic rings. The molecule has 0 aliphatic carbocycles. The second-order valence-electron chi connectivity index (χ2n) is 2.03. The number of hydrogen-bond acceptors (Lipinski definition) is 2. The van der Waals surface area contributed by atoms with Crippen molar-refractivity contribution in [1.29, 1.82) is 0 Å². The Hall–Kier alpha value is 1.34. The molecule has 0 aliphatic heterocycles. The molecule has 4 nitrogen and oxygen atoms in total. The molecule has 0 fully saturated rings. The largest absolute Gasteiger partial charge is 0.340 e. The molecule has 2 rings (SSSR count). The topological polar surface area (TPSA) is 57.4 Å². The van der Waals surface area contributed by atoms with Gasteiger partial charge in [0.2, 0.25) is 0 Å². The number of nitrogens with one attached hydrogen (secondary N) is 2. The van der Waals surface area contributed by atoms with Crippen molar-refractivity contribution in [1.82, 2.24) is 19.9 Å². The van der Waals surface area contributed by atoms with E-state index in [1.54, 1.807) is 12.5 Å². The number of aromatic amines is 2. The van der Waals surface area contributed by atoms with Crippen LogP contribution >= 0.6 is 90.4 Å². The lowest BCUT2D eigenvalue weighted by Crippen LogP contribution is -1.69. The molecule has 2 N–H and O–H groups in total. The molecule has 0 saturated heterocycles. The first-order chi connectivity index (χ1) is 6.59. The monoisotopic (exact) mass is 656 g/mol. The molecule has 0 spiro atoms. The van der Waals surface area contributed by atoms with Crippen molar-refractivity contribution in [2.45, 2.75) is 7.43 Å². The van der Waals surface area contributed by atoms with Crippen LogP contribution in [0.4, 0.5) is 0 Å². The van der Waals surface area contributed by atoms with Crippen LogP contribution in [-0.4, -0.2) is 19.9 Å². The number of aromatic nitrogens is 4. The van der Waals surface area contributed by atoms with E-state index in [0.717, 1.165) is 14.9 Å². The van der Waals surface area contributed by atoms with Gasteiger partial charge in [0.05, 0.1) is 16.2 Å². The van der Waals surface area contributed by atoms with Gasteiger partial charge in [-0.15, -0.1) is 0 Å². The SMILES string of the molecule is C.Ic1cnc[nH]1.Ic1nc(I)c(I)[nH]1. The number of halogens is 4. The predicted molar refractivity (Wildman–Crippen MR) is 94.8 cm³/mol. The highest BCUT2D eigenvalue weighted by Crippen LogP contribution is 2.11. The van der Waals surface area contributed by atoms with Crippen molar-refractivity contribution in [2.75, 3.05) is 0 Å². The number of H-pyrrole nitrogens is 2. The van der Waals surface area contributed by atoms with Crippen molar-refractivity contribution >= 4 is 90.4 Å². The molecule has 15 heavy (non-hydrogen) atoms. The number of imidazole rings is 2. The van der Waals surface area contributed by atoms with Crippen molar-refractivity contribution in [2.24, 2.45) is 0 Å². The Balaban J connectivity index is 0.000000253. The van der Waals surface area contributed by atoms with Gasteiger partial charge in [-0.2, -0.15) is 0 Å². The minimum absolute atomic E-state index is 0. The van der Waals surface area contributed by atoms with Crippen molar-refractivity contribution in [3.05, 3.63) is 27.5 Å². The molecule has 0 radical (unpaired) electrons. The van der Waals surface area contributed by atoms with E-state index in [-0.39, 0.29) is 7.43 Å². The average molecular weight is 656 g/mol. The van der Waals surface area contributed by atoms with Crippen LogP contribution in [0.5, 0.6) is 0 Å². The van der Waals surface area contributed by atoms with Crippen molar-refractivity contribution < 1.29 is 0 Å². The van der Waals surface area contributed by atoms with Crippen LogP contribution in [0.15, 0.2) is 12.5 Å². The zero-order chi connectivity index (χ0) is 10.6. The maximum absolute atomic E-state index is 4.12. The summed E-state index contributed by atoms with van der Waals surface area (Å²) in [6, 6.07) is 0. The molecule has 0 aliphatic rings. The van der Waals surface area contributed by atoms with Crippen molar-refractivity contribution in [3.8, 4) is 0 Å². The fourth-order valence-electron chi connectivity index (χ4n) is 0.544. The molecule has 2 heterocycles. The first-order valence-corrected chi connectivity index (χ1v) is 7.61. The fourth-order valence-corrected chi connectivity index (χ4v) is 3.08. The van der Waals surface area contributed by atoms with Gasteiger partial charge in [-0.1, -0.05) is 7.43 Å². The summed E-state index contributed by atoms with van der Waals surface area (Å²) in [6.45, 7) is 0. The first-order valence-electron chi connectivity index (χ1n) is 3.30. The third-order valence-electron chi connectivity index (χ3n) is 1.06. The number of nitrogens with zero attached hydrogens (tertiary/aromatic N) is 2. The van der Waals surface area contributed by atoms with E-state index in [9.17, 15) is 0 Å². The van der Waals surface area contributed by atoms with Crippen LogP contribution in [0.2, 0.25) is 0 Å². The second-order valence-corrected chi connectivity index (χ2v) is 6.32. The summed E-state index contributed by atoms with van der Waals surface area (Å²) in [5.41, 5.74) is 0. The summed E-state index contributed by atoms with van der Waals surface area (Å²) >= 11 is 8.71. The molecule has 0 unspecified atom stereocenters. The van der Waals surface area contributed by atoms with Crippen molar-refractivity contribution in [3.63, 3.8) is 0 Å². The molecule has 0 bridgehead atoms. The smallest absolute Gasteiger partial charge is 0.170 e. The van der Waals surface area contributed by atoms with Gasteiger partial charge in [0.1, 0.15) is 7.40 Å². The molecule has 2 aromatic heterocycles. The van der Waals surface area contributed by atoms with Crippen LogP contribution in [0.3, 0.4) is 0 Å². The van der Waals surface area contributed by atoms with Gasteiger partial charge in [0, 0.05) is 0 Å². The maximum Gasteiger partial charge on any atom is 0.170 e. The van der Waals surface area contributed by atoms with Crippen LogP contribution in [0.1, 0.15) is 7.43 Å². The summed E-state index contributed by atoms with van der Waals surface area (Å²) in [4.78, 5) is 13.8. The van der Waals surface area contributed by atoms with E-state index < -0.39 is 0 Å². The molecule has 0 saturated carbocycles. The lowest BCUT2D eigenvalue weighted by molar-refractivity contribution is 1.21. The van der Waals surface area contributed by atoms with Gasteiger partial charge < -0.3 is 9.97 Å². The van der Waals surface area contributed by atoms with Gasteiger partial charge in [-0.25, -0.2) is 9.97 Å². The van der Waals surface area contributed by atoms with E-state index in [0.29, 0.717) is 0 Å². The third kappa shape index (κ3) is 6.60. The summed E-state index contributed by atoms with van der Waals surface area (Å²) < 4.78 is 4.20. The zero-order valence-electron chi connectivity index (χ0n) is 6.56. The van der Waals surface area contributed by atoms with Gasteiger partial charge in [0.15, 0.2) is 3.83 Å². The van der Waals surface area contributed by atoms with Gasteiger partial charge >= 0.3 is 0 Å². The highest BCUT2D eigenvalue weighted by Gasteiger charge is 1.99. The minimum Gasteiger partial charge on any atom is -0.340 e. The number of hydrogen-bond donors (Lipinski definition) is 2. The van der Waals surface area contributed by atoms with Gasteiger partial charge in [0.25, 0.3) is 0 Å². The summed E-state index contributed by atoms with van der Waals surface area (Å²) in [6.07, 6.45) is 3.42. The molecule has 0 atom stereocenters. The quantitative estimate of drug-likeness (QED) is 0.424. The molecular formula is C7H8I4N4. The third-order valence-corrected chi connectivity index (χ3v) is 4.75. The first kappa shape index (κ1) is 16.3. The van der Waals surface area contributed by atoms with Gasteiger partial charge in [-0.3, -0.25) is 0 Å². The summed E-state index contributed by atoms with van der Waals surface area (Å²) in [5, 5.41) is 0. The van der Waals surface area contributed by atoms with E-state index in [4.69, 9.17) is 0 Å². The fraction of sp³-hybridized carbons (Fsp3) is 0.143. The Labute approximate surface area is 143 Å². The average Bonchev–Trinajstić information content (AvgIpc) is 2.65. The van der Waals surface area contributed by atoms with Crippen LogP contribution in [-0.2, 0) is 0 Å². The zero-order valence-corrected chi connectivity index (χ0v) is 15.2. The summed E-state index contributed by atoms with van der Waals surface area (Å²) in [5.74, 6) is 0. The molecular weight excluding hydrogens is 648 g/mol. The van der Waals surface area contributed by atoms with E-state index in [1.165, 1.54) is 0 Å². The molecule has 0 aromatic carbocycles. The number of rotatable bonds is 0. The highest BCUT2D eigenvalue weighted by atomic mass is 127. The van der Waals surface area contributed by atoms with E-state index in [1.807, 2.05) is 0 Å². The Morgan fingerprint density at radius 2 is 1.80 bits per heavy atom. The van der Waals surface area contributed by atoms with E-state index in [2.05, 4.69) is 110 Å². The normalized spacial score (nSPS) is 8.80. The Morgan fingerprint density at radius 3 is 1.93 bits per heavy atom. The predicted octanol–water partition coefficient (Wildman–Crippen LogP) is 3.87. The Kier molecular flexibility index (Phi) is 9.19. The summed E-state index contributed by atoms with van der Waals surface area (Å²) in [7, 11) is 0. The Morgan fingerprint density at radius 1 is 1.13 bits per heavy atom.